The molecule has 1 aliphatic rings. The Kier molecular flexibility index (Phi) is 4.34. The number of nitrogens with zero attached hydrogens (tertiary/aromatic N) is 2. The van der Waals surface area contributed by atoms with Crippen molar-refractivity contribution < 1.29 is 4.79 Å². The molecule has 1 fully saturated rings. The molecule has 1 aromatic rings. The lowest BCUT2D eigenvalue weighted by Gasteiger charge is -2.42. The van der Waals surface area contributed by atoms with Gasteiger partial charge in [-0.3, -0.25) is 4.79 Å². The fourth-order valence-electron chi connectivity index (χ4n) is 2.67. The van der Waals surface area contributed by atoms with Gasteiger partial charge < -0.3 is 10.2 Å². The number of anilines is 1. The standard InChI is InChI=1S/C15H18BrN3O/c1-15(2)8-10-18-14(20)13(7-9-17)19(15)12-5-3-11(16)4-6-12/h3-6,13H,7-8,10H2,1-2H3,(H,18,20). The van der Waals surface area contributed by atoms with Crippen molar-refractivity contribution >= 4 is 27.5 Å². The van der Waals surface area contributed by atoms with E-state index >= 15 is 0 Å². The molecule has 1 saturated heterocycles. The number of rotatable bonds is 2. The fraction of sp³-hybridized carbons (Fsp3) is 0.467. The van der Waals surface area contributed by atoms with E-state index in [-0.39, 0.29) is 17.9 Å². The van der Waals surface area contributed by atoms with Gasteiger partial charge in [-0.25, -0.2) is 0 Å². The minimum atomic E-state index is -0.446. The van der Waals surface area contributed by atoms with Crippen molar-refractivity contribution in [1.82, 2.24) is 5.32 Å². The first-order chi connectivity index (χ1) is 9.45. The number of carbonyl (C=O) groups is 1. The van der Waals surface area contributed by atoms with E-state index in [1.807, 2.05) is 24.3 Å². The molecule has 106 valence electrons. The minimum Gasteiger partial charge on any atom is -0.354 e. The number of nitrogens with one attached hydrogen (secondary N) is 1. The number of hydrogen-bond donors (Lipinski definition) is 1. The van der Waals surface area contributed by atoms with E-state index in [1.165, 1.54) is 0 Å². The predicted octanol–water partition coefficient (Wildman–Crippen LogP) is 2.84. The highest BCUT2D eigenvalue weighted by atomic mass is 79.9. The summed E-state index contributed by atoms with van der Waals surface area (Å²) in [5.41, 5.74) is 0.782. The van der Waals surface area contributed by atoms with Gasteiger partial charge in [0.2, 0.25) is 5.91 Å². The largest absolute Gasteiger partial charge is 0.354 e. The zero-order valence-corrected chi connectivity index (χ0v) is 13.3. The van der Waals surface area contributed by atoms with Crippen LogP contribution in [0.4, 0.5) is 5.69 Å². The smallest absolute Gasteiger partial charge is 0.243 e. The average molecular weight is 336 g/mol. The van der Waals surface area contributed by atoms with Gasteiger partial charge in [0.1, 0.15) is 6.04 Å². The van der Waals surface area contributed by atoms with Gasteiger partial charge in [0.15, 0.2) is 0 Å². The Hall–Kier alpha value is -1.54. The summed E-state index contributed by atoms with van der Waals surface area (Å²) < 4.78 is 0.996. The molecular weight excluding hydrogens is 318 g/mol. The van der Waals surface area contributed by atoms with Gasteiger partial charge in [-0.2, -0.15) is 5.26 Å². The van der Waals surface area contributed by atoms with Crippen LogP contribution in [0.1, 0.15) is 26.7 Å². The van der Waals surface area contributed by atoms with Crippen LogP contribution in [0.15, 0.2) is 28.7 Å². The first kappa shape index (κ1) is 14.9. The molecule has 1 N–H and O–H groups in total. The van der Waals surface area contributed by atoms with E-state index in [0.717, 1.165) is 16.6 Å². The first-order valence-electron chi connectivity index (χ1n) is 6.65. The second-order valence-corrected chi connectivity index (χ2v) is 6.49. The Balaban J connectivity index is 2.47. The Bertz CT molecular complexity index is 533. The van der Waals surface area contributed by atoms with Crippen molar-refractivity contribution in [2.45, 2.75) is 38.3 Å². The summed E-state index contributed by atoms with van der Waals surface area (Å²) in [6.07, 6.45) is 1.03. The normalized spacial score (nSPS) is 21.8. The van der Waals surface area contributed by atoms with Crippen LogP contribution in [0.2, 0.25) is 0 Å². The van der Waals surface area contributed by atoms with Crippen LogP contribution in [0.25, 0.3) is 0 Å². The molecule has 20 heavy (non-hydrogen) atoms. The summed E-state index contributed by atoms with van der Waals surface area (Å²) in [4.78, 5) is 14.3. The highest BCUT2D eigenvalue weighted by Crippen LogP contribution is 2.32. The van der Waals surface area contributed by atoms with Crippen molar-refractivity contribution in [3.63, 3.8) is 0 Å². The van der Waals surface area contributed by atoms with E-state index in [0.29, 0.717) is 6.54 Å². The van der Waals surface area contributed by atoms with Crippen LogP contribution in [0.3, 0.4) is 0 Å². The number of nitriles is 1. The molecule has 1 amide bonds. The van der Waals surface area contributed by atoms with Crippen molar-refractivity contribution in [1.29, 1.82) is 5.26 Å². The van der Waals surface area contributed by atoms with Crippen molar-refractivity contribution in [3.05, 3.63) is 28.7 Å². The van der Waals surface area contributed by atoms with Crippen LogP contribution in [-0.2, 0) is 4.79 Å². The zero-order chi connectivity index (χ0) is 14.8. The molecule has 0 spiro atoms. The monoisotopic (exact) mass is 335 g/mol. The minimum absolute atomic E-state index is 0.0694. The third-order valence-corrected chi connectivity index (χ3v) is 4.22. The first-order valence-corrected chi connectivity index (χ1v) is 7.44. The molecule has 0 radical (unpaired) electrons. The van der Waals surface area contributed by atoms with Gasteiger partial charge in [0, 0.05) is 22.2 Å². The molecule has 1 heterocycles. The molecule has 2 rings (SSSR count). The van der Waals surface area contributed by atoms with E-state index in [1.54, 1.807) is 0 Å². The summed E-state index contributed by atoms with van der Waals surface area (Å²) in [7, 11) is 0. The molecule has 0 aromatic heterocycles. The Morgan fingerprint density at radius 3 is 2.70 bits per heavy atom. The third kappa shape index (κ3) is 2.96. The summed E-state index contributed by atoms with van der Waals surface area (Å²) in [6, 6.07) is 9.56. The van der Waals surface area contributed by atoms with Gasteiger partial charge in [-0.05, 0) is 44.5 Å². The molecule has 1 unspecified atom stereocenters. The van der Waals surface area contributed by atoms with E-state index in [4.69, 9.17) is 5.26 Å². The lowest BCUT2D eigenvalue weighted by atomic mass is 9.95. The van der Waals surface area contributed by atoms with Gasteiger partial charge in [-0.1, -0.05) is 15.9 Å². The maximum absolute atomic E-state index is 12.2. The van der Waals surface area contributed by atoms with Crippen LogP contribution in [0.5, 0.6) is 0 Å². The molecule has 1 aromatic carbocycles. The fourth-order valence-corrected chi connectivity index (χ4v) is 2.93. The molecule has 1 atom stereocenters. The third-order valence-electron chi connectivity index (χ3n) is 3.69. The van der Waals surface area contributed by atoms with E-state index in [9.17, 15) is 4.79 Å². The Morgan fingerprint density at radius 1 is 1.45 bits per heavy atom. The summed E-state index contributed by atoms with van der Waals surface area (Å²) in [5, 5.41) is 11.9. The highest BCUT2D eigenvalue weighted by Gasteiger charge is 2.38. The SMILES string of the molecule is CC1(C)CCNC(=O)C(CC#N)N1c1ccc(Br)cc1. The average Bonchev–Trinajstić information content (AvgIpc) is 2.49. The summed E-state index contributed by atoms with van der Waals surface area (Å²) in [6.45, 7) is 4.86. The Labute approximate surface area is 127 Å². The Morgan fingerprint density at radius 2 is 2.10 bits per heavy atom. The van der Waals surface area contributed by atoms with Gasteiger partial charge in [-0.15, -0.1) is 0 Å². The van der Waals surface area contributed by atoms with Gasteiger partial charge >= 0.3 is 0 Å². The lowest BCUT2D eigenvalue weighted by Crippen LogP contribution is -2.52. The second kappa shape index (κ2) is 5.84. The molecule has 0 aliphatic carbocycles. The predicted molar refractivity (Wildman–Crippen MR) is 82.3 cm³/mol. The number of carbonyl (C=O) groups excluding carboxylic acids is 1. The second-order valence-electron chi connectivity index (χ2n) is 5.58. The van der Waals surface area contributed by atoms with Crippen molar-refractivity contribution in [2.75, 3.05) is 11.4 Å². The quantitative estimate of drug-likeness (QED) is 0.904. The number of halogens is 1. The molecule has 1 aliphatic heterocycles. The van der Waals surface area contributed by atoms with Crippen LogP contribution < -0.4 is 10.2 Å². The maximum atomic E-state index is 12.2. The molecule has 0 saturated carbocycles. The zero-order valence-electron chi connectivity index (χ0n) is 11.7. The maximum Gasteiger partial charge on any atom is 0.243 e. The van der Waals surface area contributed by atoms with Gasteiger partial charge in [0.05, 0.1) is 12.5 Å². The van der Waals surface area contributed by atoms with Crippen LogP contribution in [0, 0.1) is 11.3 Å². The molecule has 0 bridgehead atoms. The van der Waals surface area contributed by atoms with Crippen LogP contribution >= 0.6 is 15.9 Å². The van der Waals surface area contributed by atoms with Crippen LogP contribution in [-0.4, -0.2) is 24.0 Å². The topological polar surface area (TPSA) is 56.1 Å². The molecular formula is C15H18BrN3O. The highest BCUT2D eigenvalue weighted by molar-refractivity contribution is 9.10. The number of amides is 1. The molecule has 4 nitrogen and oxygen atoms in total. The summed E-state index contributed by atoms with van der Waals surface area (Å²) in [5.74, 6) is -0.0694. The number of hydrogen-bond acceptors (Lipinski definition) is 3. The number of benzene rings is 1. The van der Waals surface area contributed by atoms with Crippen molar-refractivity contribution in [2.24, 2.45) is 0 Å². The van der Waals surface area contributed by atoms with E-state index < -0.39 is 6.04 Å². The lowest BCUT2D eigenvalue weighted by molar-refractivity contribution is -0.122. The van der Waals surface area contributed by atoms with Gasteiger partial charge in [0.25, 0.3) is 0 Å². The summed E-state index contributed by atoms with van der Waals surface area (Å²) >= 11 is 3.42. The molecule has 5 heteroatoms. The van der Waals surface area contributed by atoms with E-state index in [2.05, 4.69) is 46.1 Å². The van der Waals surface area contributed by atoms with Crippen molar-refractivity contribution in [3.8, 4) is 6.07 Å².